The van der Waals surface area contributed by atoms with Gasteiger partial charge in [-0.1, -0.05) is 50.0 Å². The fourth-order valence-electron chi connectivity index (χ4n) is 1.98. The van der Waals surface area contributed by atoms with Crippen molar-refractivity contribution in [3.05, 3.63) is 36.5 Å². The Morgan fingerprint density at radius 3 is 1.56 bits per heavy atom. The van der Waals surface area contributed by atoms with Gasteiger partial charge < -0.3 is 0 Å². The van der Waals surface area contributed by atoms with Crippen molar-refractivity contribution in [3.63, 3.8) is 0 Å². The lowest BCUT2D eigenvalue weighted by molar-refractivity contribution is 0.698. The summed E-state index contributed by atoms with van der Waals surface area (Å²) in [6.07, 6.45) is 13.9. The van der Waals surface area contributed by atoms with E-state index in [0.717, 1.165) is 12.8 Å². The summed E-state index contributed by atoms with van der Waals surface area (Å²) in [6, 6.07) is 0. The van der Waals surface area contributed by atoms with Crippen LogP contribution in [0, 0.1) is 0 Å². The van der Waals surface area contributed by atoms with Gasteiger partial charge in [0.1, 0.15) is 0 Å². The molecule has 0 radical (unpaired) electrons. The molecule has 0 aliphatic rings. The summed E-state index contributed by atoms with van der Waals surface area (Å²) in [5.41, 5.74) is 3.23. The van der Waals surface area contributed by atoms with E-state index in [4.69, 9.17) is 0 Å². The van der Waals surface area contributed by atoms with E-state index in [1.807, 2.05) is 12.2 Å². The topological polar surface area (TPSA) is 0 Å². The third kappa shape index (κ3) is 6.66. The zero-order valence-corrected chi connectivity index (χ0v) is 11.2. The van der Waals surface area contributed by atoms with Crippen molar-refractivity contribution in [2.45, 2.75) is 65.2 Å². The molecule has 0 saturated carbocycles. The molecule has 0 aromatic rings. The average molecular weight is 220 g/mol. The van der Waals surface area contributed by atoms with Crippen LogP contribution >= 0.6 is 0 Å². The number of allylic oxidation sites excluding steroid dienone is 4. The summed E-state index contributed by atoms with van der Waals surface area (Å²) < 4.78 is 0. The van der Waals surface area contributed by atoms with Crippen molar-refractivity contribution in [1.82, 2.24) is 0 Å². The summed E-state index contributed by atoms with van der Waals surface area (Å²) in [7, 11) is 0. The highest BCUT2D eigenvalue weighted by atomic mass is 14.1. The summed E-state index contributed by atoms with van der Waals surface area (Å²) in [6.45, 7) is 12.2. The van der Waals surface area contributed by atoms with Gasteiger partial charge in [0.05, 0.1) is 0 Å². The smallest absolute Gasteiger partial charge is 0.0136 e. The highest BCUT2D eigenvalue weighted by molar-refractivity contribution is 5.19. The van der Waals surface area contributed by atoms with Crippen molar-refractivity contribution in [3.8, 4) is 0 Å². The number of hydrogen-bond acceptors (Lipinski definition) is 0. The molecule has 0 aromatic carbocycles. The van der Waals surface area contributed by atoms with E-state index < -0.39 is 0 Å². The summed E-state index contributed by atoms with van der Waals surface area (Å²) in [5, 5.41) is 0. The second kappa shape index (κ2) is 10.7. The van der Waals surface area contributed by atoms with E-state index in [1.54, 1.807) is 11.1 Å². The largest absolute Gasteiger partial charge is 0.103 e. The molecule has 0 amide bonds. The maximum Gasteiger partial charge on any atom is -0.0136 e. The minimum Gasteiger partial charge on any atom is -0.103 e. The Morgan fingerprint density at radius 1 is 0.812 bits per heavy atom. The predicted octanol–water partition coefficient (Wildman–Crippen LogP) is 5.82. The molecule has 16 heavy (non-hydrogen) atoms. The first-order valence-corrected chi connectivity index (χ1v) is 6.71. The van der Waals surface area contributed by atoms with Crippen LogP contribution in [0.25, 0.3) is 0 Å². The van der Waals surface area contributed by atoms with Crippen LogP contribution in [0.15, 0.2) is 36.5 Å². The van der Waals surface area contributed by atoms with Crippen LogP contribution in [-0.4, -0.2) is 0 Å². The molecule has 92 valence electrons. The zero-order chi connectivity index (χ0) is 12.2. The van der Waals surface area contributed by atoms with Crippen molar-refractivity contribution >= 4 is 0 Å². The molecule has 0 aliphatic heterocycles. The fraction of sp³-hybridized carbons (Fsp3) is 0.625. The minimum atomic E-state index is 1.04. The Labute approximate surface area is 102 Å². The molecule has 0 heterocycles. The van der Waals surface area contributed by atoms with Gasteiger partial charge in [0, 0.05) is 0 Å². The number of rotatable bonds is 10. The zero-order valence-electron chi connectivity index (χ0n) is 11.2. The summed E-state index contributed by atoms with van der Waals surface area (Å²) in [5.74, 6) is 0. The lowest BCUT2D eigenvalue weighted by Crippen LogP contribution is -1.93. The maximum absolute atomic E-state index is 3.86. The van der Waals surface area contributed by atoms with Gasteiger partial charge in [-0.3, -0.25) is 0 Å². The van der Waals surface area contributed by atoms with E-state index in [2.05, 4.69) is 27.0 Å². The molecule has 0 heteroatoms. The van der Waals surface area contributed by atoms with Crippen molar-refractivity contribution in [2.75, 3.05) is 0 Å². The van der Waals surface area contributed by atoms with E-state index >= 15 is 0 Å². The molecule has 0 unspecified atom stereocenters. The Kier molecular flexibility index (Phi) is 10.2. The quantitative estimate of drug-likeness (QED) is 0.407. The summed E-state index contributed by atoms with van der Waals surface area (Å²) >= 11 is 0. The number of hydrogen-bond donors (Lipinski definition) is 0. The molecule has 0 bridgehead atoms. The fourth-order valence-corrected chi connectivity index (χ4v) is 1.98. The van der Waals surface area contributed by atoms with Crippen molar-refractivity contribution < 1.29 is 0 Å². The lowest BCUT2D eigenvalue weighted by atomic mass is 9.93. The molecular weight excluding hydrogens is 192 g/mol. The van der Waals surface area contributed by atoms with Crippen LogP contribution in [-0.2, 0) is 0 Å². The molecule has 0 nitrogen and oxygen atoms in total. The van der Waals surface area contributed by atoms with Gasteiger partial charge in [0.25, 0.3) is 0 Å². The van der Waals surface area contributed by atoms with Gasteiger partial charge in [-0.15, -0.1) is 13.2 Å². The first-order chi connectivity index (χ1) is 7.79. The van der Waals surface area contributed by atoms with Gasteiger partial charge in [-0.05, 0) is 38.5 Å². The number of unbranched alkanes of at least 4 members (excludes halogenated alkanes) is 2. The third-order valence-corrected chi connectivity index (χ3v) is 2.95. The Morgan fingerprint density at radius 2 is 1.25 bits per heavy atom. The minimum absolute atomic E-state index is 1.04. The van der Waals surface area contributed by atoms with Gasteiger partial charge in [0.15, 0.2) is 0 Å². The van der Waals surface area contributed by atoms with Gasteiger partial charge in [-0.2, -0.15) is 0 Å². The van der Waals surface area contributed by atoms with Crippen LogP contribution < -0.4 is 0 Å². The van der Waals surface area contributed by atoms with Gasteiger partial charge in [-0.25, -0.2) is 0 Å². The van der Waals surface area contributed by atoms with Crippen LogP contribution in [0.2, 0.25) is 0 Å². The molecule has 0 atom stereocenters. The van der Waals surface area contributed by atoms with E-state index in [1.165, 1.54) is 38.5 Å². The molecule has 0 saturated heterocycles. The molecular formula is C16H28. The van der Waals surface area contributed by atoms with Crippen LogP contribution in [0.4, 0.5) is 0 Å². The van der Waals surface area contributed by atoms with Gasteiger partial charge >= 0.3 is 0 Å². The van der Waals surface area contributed by atoms with E-state index in [-0.39, 0.29) is 0 Å². The highest BCUT2D eigenvalue weighted by Gasteiger charge is 2.04. The van der Waals surface area contributed by atoms with Crippen molar-refractivity contribution in [2.24, 2.45) is 0 Å². The normalized spacial score (nSPS) is 9.88. The Bertz CT molecular complexity index is 198. The molecule has 0 spiro atoms. The van der Waals surface area contributed by atoms with Gasteiger partial charge in [0.2, 0.25) is 0 Å². The van der Waals surface area contributed by atoms with Crippen LogP contribution in [0.1, 0.15) is 65.2 Å². The Hall–Kier alpha value is -0.780. The maximum atomic E-state index is 3.86. The first kappa shape index (κ1) is 15.2. The highest BCUT2D eigenvalue weighted by Crippen LogP contribution is 2.24. The predicted molar refractivity (Wildman–Crippen MR) is 75.7 cm³/mol. The molecule has 0 aliphatic carbocycles. The van der Waals surface area contributed by atoms with Crippen LogP contribution in [0.5, 0.6) is 0 Å². The van der Waals surface area contributed by atoms with Crippen molar-refractivity contribution in [1.29, 1.82) is 0 Å². The molecule has 0 N–H and O–H groups in total. The SMILES string of the molecule is C=CCC(CC=C)=C(CCCC)CCCC. The third-order valence-electron chi connectivity index (χ3n) is 2.95. The standard InChI is InChI=1S/C16H28/c1-5-9-13-16(14-10-6-2)15(11-7-3)12-8-4/h7-8H,3-6,9-14H2,1-2H3. The molecule has 0 rings (SSSR count). The van der Waals surface area contributed by atoms with E-state index in [0.29, 0.717) is 0 Å². The second-order valence-electron chi connectivity index (χ2n) is 4.40. The summed E-state index contributed by atoms with van der Waals surface area (Å²) in [4.78, 5) is 0. The molecule has 0 aromatic heterocycles. The lowest BCUT2D eigenvalue weighted by Gasteiger charge is -2.13. The average Bonchev–Trinajstić information content (AvgIpc) is 2.29. The second-order valence-corrected chi connectivity index (χ2v) is 4.40. The monoisotopic (exact) mass is 220 g/mol. The molecule has 0 fully saturated rings. The van der Waals surface area contributed by atoms with E-state index in [9.17, 15) is 0 Å². The van der Waals surface area contributed by atoms with Crippen LogP contribution in [0.3, 0.4) is 0 Å². The first-order valence-electron chi connectivity index (χ1n) is 6.71. The Balaban J connectivity index is 4.61.